The number of nitrogens with two attached hydrogens (primary N) is 1. The highest BCUT2D eigenvalue weighted by molar-refractivity contribution is 7.90. The number of rotatable bonds is 10. The molecular weight excluding hydrogens is 552 g/mol. The van der Waals surface area contributed by atoms with Crippen LogP contribution in [0.3, 0.4) is 0 Å². The first kappa shape index (κ1) is 28.7. The molecule has 3 rings (SSSR count). The largest absolute Gasteiger partial charge is 0.433 e. The Morgan fingerprint density at radius 2 is 1.73 bits per heavy atom. The second kappa shape index (κ2) is 12.1. The standard InChI is InChI=1S/C24H23Cl2F3N4O3S/c25-20-6-3-5-17(22(20)26)4-1-2-13-33(37(30,35)36)19-10-8-18(9-11-19)23(34)32-15-16-7-12-21(31-14-16)24(27,28)29/h3,5-12,14H,1-2,4,13,15H2,(H,32,34)(H2,30,35,36). The van der Waals surface area contributed by atoms with Gasteiger partial charge < -0.3 is 5.32 Å². The maximum absolute atomic E-state index is 12.6. The lowest BCUT2D eigenvalue weighted by Crippen LogP contribution is -2.37. The molecule has 0 spiro atoms. The number of benzene rings is 2. The summed E-state index contributed by atoms with van der Waals surface area (Å²) < 4.78 is 63.2. The molecule has 0 saturated heterocycles. The number of aryl methyl sites for hydroxylation is 1. The van der Waals surface area contributed by atoms with Crippen LogP contribution in [-0.2, 0) is 29.4 Å². The van der Waals surface area contributed by atoms with Crippen LogP contribution in [0.5, 0.6) is 0 Å². The van der Waals surface area contributed by atoms with Gasteiger partial charge in [0, 0.05) is 24.8 Å². The minimum absolute atomic E-state index is 0.0360. The third-order valence-corrected chi connectivity index (χ3v) is 7.25. The molecular formula is C24H23Cl2F3N4O3S. The van der Waals surface area contributed by atoms with Gasteiger partial charge in [-0.15, -0.1) is 0 Å². The van der Waals surface area contributed by atoms with Gasteiger partial charge in [0.1, 0.15) is 5.69 Å². The zero-order valence-electron chi connectivity index (χ0n) is 19.3. The Kier molecular flexibility index (Phi) is 9.41. The summed E-state index contributed by atoms with van der Waals surface area (Å²) in [5.41, 5.74) is 0.738. The predicted octanol–water partition coefficient (Wildman–Crippen LogP) is 5.37. The average Bonchev–Trinajstić information content (AvgIpc) is 2.84. The lowest BCUT2D eigenvalue weighted by molar-refractivity contribution is -0.141. The Morgan fingerprint density at radius 3 is 2.32 bits per heavy atom. The van der Waals surface area contributed by atoms with Crippen LogP contribution in [0, 0.1) is 0 Å². The minimum Gasteiger partial charge on any atom is -0.348 e. The molecule has 0 aliphatic heterocycles. The smallest absolute Gasteiger partial charge is 0.348 e. The van der Waals surface area contributed by atoms with Gasteiger partial charge >= 0.3 is 6.18 Å². The number of halogens is 5. The van der Waals surface area contributed by atoms with E-state index in [1.807, 2.05) is 6.07 Å². The maximum Gasteiger partial charge on any atom is 0.433 e. The van der Waals surface area contributed by atoms with Gasteiger partial charge in [0.15, 0.2) is 0 Å². The summed E-state index contributed by atoms with van der Waals surface area (Å²) in [4.78, 5) is 15.8. The summed E-state index contributed by atoms with van der Waals surface area (Å²) in [5.74, 6) is -0.494. The highest BCUT2D eigenvalue weighted by atomic mass is 35.5. The minimum atomic E-state index is -4.54. The number of aromatic nitrogens is 1. The molecule has 0 unspecified atom stereocenters. The number of carbonyl (C=O) groups is 1. The summed E-state index contributed by atoms with van der Waals surface area (Å²) in [6, 6.07) is 13.2. The SMILES string of the molecule is NS(=O)(=O)N(CCCCc1cccc(Cl)c1Cl)c1ccc(C(=O)NCc2ccc(C(F)(F)F)nc2)cc1. The van der Waals surface area contributed by atoms with Crippen LogP contribution in [0.25, 0.3) is 0 Å². The van der Waals surface area contributed by atoms with Gasteiger partial charge in [-0.05, 0) is 66.8 Å². The molecule has 0 fully saturated rings. The second-order valence-corrected chi connectivity index (χ2v) is 10.3. The number of pyridine rings is 1. The van der Waals surface area contributed by atoms with Crippen molar-refractivity contribution in [3.63, 3.8) is 0 Å². The summed E-state index contributed by atoms with van der Waals surface area (Å²) in [5, 5.41) is 8.90. The molecule has 2 aromatic carbocycles. The topological polar surface area (TPSA) is 105 Å². The Labute approximate surface area is 222 Å². The number of anilines is 1. The van der Waals surface area contributed by atoms with E-state index >= 15 is 0 Å². The molecule has 198 valence electrons. The fourth-order valence-electron chi connectivity index (χ4n) is 3.48. The third kappa shape index (κ3) is 8.06. The van der Waals surface area contributed by atoms with E-state index in [0.717, 1.165) is 22.1 Å². The highest BCUT2D eigenvalue weighted by Gasteiger charge is 2.32. The molecule has 7 nitrogen and oxygen atoms in total. The summed E-state index contributed by atoms with van der Waals surface area (Å²) in [6.07, 6.45) is -1.78. The summed E-state index contributed by atoms with van der Waals surface area (Å²) in [7, 11) is -4.07. The van der Waals surface area contributed by atoms with E-state index < -0.39 is 28.0 Å². The monoisotopic (exact) mass is 574 g/mol. The van der Waals surface area contributed by atoms with Crippen LogP contribution in [0.2, 0.25) is 10.0 Å². The molecule has 13 heteroatoms. The summed E-state index contributed by atoms with van der Waals surface area (Å²) >= 11 is 12.2. The van der Waals surface area contributed by atoms with E-state index in [1.165, 1.54) is 30.3 Å². The molecule has 1 heterocycles. The predicted molar refractivity (Wildman–Crippen MR) is 137 cm³/mol. The van der Waals surface area contributed by atoms with Gasteiger partial charge in [0.25, 0.3) is 16.1 Å². The molecule has 0 aliphatic rings. The van der Waals surface area contributed by atoms with Crippen molar-refractivity contribution in [2.75, 3.05) is 10.8 Å². The van der Waals surface area contributed by atoms with Gasteiger partial charge in [-0.3, -0.25) is 14.1 Å². The van der Waals surface area contributed by atoms with Crippen molar-refractivity contribution >= 4 is 45.0 Å². The van der Waals surface area contributed by atoms with Gasteiger partial charge in [0.05, 0.1) is 15.7 Å². The zero-order chi connectivity index (χ0) is 27.2. The van der Waals surface area contributed by atoms with Crippen molar-refractivity contribution in [3.8, 4) is 0 Å². The molecule has 0 bridgehead atoms. The van der Waals surface area contributed by atoms with E-state index in [1.54, 1.807) is 12.1 Å². The van der Waals surface area contributed by atoms with Gasteiger partial charge in [-0.2, -0.15) is 21.6 Å². The molecule has 0 saturated carbocycles. The van der Waals surface area contributed by atoms with Crippen LogP contribution in [0.1, 0.15) is 40.0 Å². The molecule has 3 aromatic rings. The average molecular weight is 575 g/mol. The van der Waals surface area contributed by atoms with Crippen molar-refractivity contribution in [2.24, 2.45) is 5.14 Å². The van der Waals surface area contributed by atoms with Gasteiger partial charge in [-0.1, -0.05) is 41.4 Å². The summed E-state index contributed by atoms with van der Waals surface area (Å²) in [6.45, 7) is 0.0785. The zero-order valence-corrected chi connectivity index (χ0v) is 21.6. The fraction of sp³-hybridized carbons (Fsp3) is 0.250. The number of carbonyl (C=O) groups excluding carboxylic acids is 1. The molecule has 0 atom stereocenters. The molecule has 1 aromatic heterocycles. The first-order chi connectivity index (χ1) is 17.4. The lowest BCUT2D eigenvalue weighted by atomic mass is 10.1. The van der Waals surface area contributed by atoms with Crippen LogP contribution < -0.4 is 14.8 Å². The van der Waals surface area contributed by atoms with Crippen LogP contribution in [0.15, 0.2) is 60.8 Å². The molecule has 0 aliphatic carbocycles. The second-order valence-electron chi connectivity index (χ2n) is 8.07. The van der Waals surface area contributed by atoms with Crippen molar-refractivity contribution < 1.29 is 26.4 Å². The third-order valence-electron chi connectivity index (χ3n) is 5.38. The number of nitrogens with zero attached hydrogens (tertiary/aromatic N) is 2. The molecule has 37 heavy (non-hydrogen) atoms. The Morgan fingerprint density at radius 1 is 1.03 bits per heavy atom. The molecule has 3 N–H and O–H groups in total. The maximum atomic E-state index is 12.6. The van der Waals surface area contributed by atoms with E-state index in [9.17, 15) is 26.4 Å². The van der Waals surface area contributed by atoms with Crippen LogP contribution in [0.4, 0.5) is 18.9 Å². The number of hydrogen-bond donors (Lipinski definition) is 2. The highest BCUT2D eigenvalue weighted by Crippen LogP contribution is 2.28. The van der Waals surface area contributed by atoms with Crippen LogP contribution in [-0.4, -0.2) is 25.9 Å². The molecule has 1 amide bonds. The molecule has 0 radical (unpaired) electrons. The van der Waals surface area contributed by atoms with E-state index in [4.69, 9.17) is 28.3 Å². The Bertz CT molecular complexity index is 1340. The van der Waals surface area contributed by atoms with E-state index in [-0.39, 0.29) is 24.3 Å². The van der Waals surface area contributed by atoms with E-state index in [0.29, 0.717) is 34.9 Å². The van der Waals surface area contributed by atoms with Crippen molar-refractivity contribution in [1.82, 2.24) is 10.3 Å². The number of alkyl halides is 3. The number of hydrogen-bond acceptors (Lipinski definition) is 4. The normalized spacial score (nSPS) is 11.8. The van der Waals surface area contributed by atoms with Gasteiger partial charge in [-0.25, -0.2) is 5.14 Å². The Hall–Kier alpha value is -2.86. The first-order valence-electron chi connectivity index (χ1n) is 11.0. The van der Waals surface area contributed by atoms with Crippen molar-refractivity contribution in [2.45, 2.75) is 32.0 Å². The number of nitrogens with one attached hydrogen (secondary N) is 1. The van der Waals surface area contributed by atoms with Gasteiger partial charge in [0.2, 0.25) is 0 Å². The fourth-order valence-corrected chi connectivity index (χ4v) is 4.69. The first-order valence-corrected chi connectivity index (χ1v) is 13.3. The van der Waals surface area contributed by atoms with E-state index in [2.05, 4.69) is 10.3 Å². The van der Waals surface area contributed by atoms with Crippen LogP contribution >= 0.6 is 23.2 Å². The van der Waals surface area contributed by atoms with Crippen molar-refractivity contribution in [3.05, 3.63) is 93.2 Å². The Balaban J connectivity index is 1.58. The number of amides is 1. The lowest BCUT2D eigenvalue weighted by Gasteiger charge is -2.22. The quantitative estimate of drug-likeness (QED) is 0.317. The number of unbranched alkanes of at least 4 members (excludes halogenated alkanes) is 1. The van der Waals surface area contributed by atoms with Crippen molar-refractivity contribution in [1.29, 1.82) is 0 Å².